The van der Waals surface area contributed by atoms with E-state index in [9.17, 15) is 0 Å². The van der Waals surface area contributed by atoms with Crippen molar-refractivity contribution in [3.8, 4) is 0 Å². The van der Waals surface area contributed by atoms with Gasteiger partial charge < -0.3 is 15.8 Å². The molecule has 0 aliphatic heterocycles. The van der Waals surface area contributed by atoms with Gasteiger partial charge in [0.15, 0.2) is 0 Å². The fourth-order valence-corrected chi connectivity index (χ4v) is 1.50. The topological polar surface area (TPSA) is 47.3 Å². The van der Waals surface area contributed by atoms with E-state index in [1.54, 1.807) is 7.11 Å². The second kappa shape index (κ2) is 8.04. The molecule has 3 nitrogen and oxygen atoms in total. The van der Waals surface area contributed by atoms with Crippen molar-refractivity contribution in [1.29, 1.82) is 0 Å². The summed E-state index contributed by atoms with van der Waals surface area (Å²) < 4.78 is 5.11. The Bertz CT molecular complexity index is 169. The molecule has 0 aromatic heterocycles. The first-order valence-corrected chi connectivity index (χ1v) is 6.34. The van der Waals surface area contributed by atoms with Crippen LogP contribution in [-0.4, -0.2) is 32.8 Å². The second-order valence-electron chi connectivity index (χ2n) is 5.78. The third-order valence-electron chi connectivity index (χ3n) is 3.10. The van der Waals surface area contributed by atoms with Crippen molar-refractivity contribution < 1.29 is 4.74 Å². The first-order chi connectivity index (χ1) is 7.39. The molecule has 98 valence electrons. The Labute approximate surface area is 101 Å². The summed E-state index contributed by atoms with van der Waals surface area (Å²) in [6, 6.07) is 0.314. The maximum Gasteiger partial charge on any atom is 0.0467 e. The zero-order chi connectivity index (χ0) is 12.6. The number of hydrogen-bond donors (Lipinski definition) is 2. The largest absolute Gasteiger partial charge is 0.385 e. The molecule has 0 saturated carbocycles. The Hall–Kier alpha value is -0.120. The number of ether oxygens (including phenoxy) is 1. The highest BCUT2D eigenvalue weighted by molar-refractivity contribution is 4.73. The van der Waals surface area contributed by atoms with Crippen LogP contribution < -0.4 is 11.1 Å². The van der Waals surface area contributed by atoms with Gasteiger partial charge in [0.05, 0.1) is 0 Å². The number of nitrogens with two attached hydrogens (primary N) is 1. The fourth-order valence-electron chi connectivity index (χ4n) is 1.50. The van der Waals surface area contributed by atoms with E-state index in [4.69, 9.17) is 10.5 Å². The maximum atomic E-state index is 5.99. The van der Waals surface area contributed by atoms with E-state index >= 15 is 0 Å². The number of hydrogen-bond acceptors (Lipinski definition) is 3. The minimum atomic E-state index is 0.304. The highest BCUT2D eigenvalue weighted by Crippen LogP contribution is 2.18. The van der Waals surface area contributed by atoms with Gasteiger partial charge in [-0.25, -0.2) is 0 Å². The van der Waals surface area contributed by atoms with Crippen LogP contribution >= 0.6 is 0 Å². The lowest BCUT2D eigenvalue weighted by Gasteiger charge is -2.25. The first kappa shape index (κ1) is 15.9. The molecule has 16 heavy (non-hydrogen) atoms. The zero-order valence-electron chi connectivity index (χ0n) is 11.7. The second-order valence-corrected chi connectivity index (χ2v) is 5.78. The standard InChI is InChI=1S/C13H30N2O/c1-11(2)12(14)6-8-15-10-13(3,4)7-9-16-5/h11-12,15H,6-10,14H2,1-5H3. The van der Waals surface area contributed by atoms with E-state index in [1.165, 1.54) is 0 Å². The van der Waals surface area contributed by atoms with Gasteiger partial charge in [0.25, 0.3) is 0 Å². The van der Waals surface area contributed by atoms with Gasteiger partial charge in [0, 0.05) is 26.3 Å². The Morgan fingerprint density at radius 2 is 1.94 bits per heavy atom. The van der Waals surface area contributed by atoms with Crippen molar-refractivity contribution in [1.82, 2.24) is 5.32 Å². The summed E-state index contributed by atoms with van der Waals surface area (Å²) in [7, 11) is 1.76. The van der Waals surface area contributed by atoms with E-state index in [0.29, 0.717) is 17.4 Å². The lowest BCUT2D eigenvalue weighted by molar-refractivity contribution is 0.150. The van der Waals surface area contributed by atoms with E-state index in [0.717, 1.165) is 32.5 Å². The van der Waals surface area contributed by atoms with Crippen molar-refractivity contribution in [3.05, 3.63) is 0 Å². The molecule has 0 aromatic rings. The summed E-state index contributed by atoms with van der Waals surface area (Å²) in [5, 5.41) is 3.48. The summed E-state index contributed by atoms with van der Waals surface area (Å²) in [5.41, 5.74) is 6.29. The van der Waals surface area contributed by atoms with Crippen LogP contribution in [0.4, 0.5) is 0 Å². The van der Waals surface area contributed by atoms with Gasteiger partial charge >= 0.3 is 0 Å². The van der Waals surface area contributed by atoms with E-state index in [1.807, 2.05) is 0 Å². The van der Waals surface area contributed by atoms with Crippen LogP contribution in [0.5, 0.6) is 0 Å². The monoisotopic (exact) mass is 230 g/mol. The first-order valence-electron chi connectivity index (χ1n) is 6.34. The van der Waals surface area contributed by atoms with Crippen LogP contribution in [0.3, 0.4) is 0 Å². The smallest absolute Gasteiger partial charge is 0.0467 e. The lowest BCUT2D eigenvalue weighted by atomic mass is 9.89. The SMILES string of the molecule is COCCC(C)(C)CNCCC(N)C(C)C. The third kappa shape index (κ3) is 8.08. The molecule has 3 heteroatoms. The molecule has 0 bridgehead atoms. The number of methoxy groups -OCH3 is 1. The van der Waals surface area contributed by atoms with Gasteiger partial charge in [0.1, 0.15) is 0 Å². The van der Waals surface area contributed by atoms with Crippen molar-refractivity contribution >= 4 is 0 Å². The number of nitrogens with one attached hydrogen (secondary N) is 1. The Morgan fingerprint density at radius 3 is 2.44 bits per heavy atom. The van der Waals surface area contributed by atoms with Gasteiger partial charge in [0.2, 0.25) is 0 Å². The third-order valence-corrected chi connectivity index (χ3v) is 3.10. The molecule has 0 aliphatic carbocycles. The predicted octanol–water partition coefficient (Wildman–Crippen LogP) is 2.01. The summed E-state index contributed by atoms with van der Waals surface area (Å²) in [4.78, 5) is 0. The minimum Gasteiger partial charge on any atom is -0.385 e. The van der Waals surface area contributed by atoms with E-state index < -0.39 is 0 Å². The average molecular weight is 230 g/mol. The molecule has 0 heterocycles. The molecular formula is C13H30N2O. The van der Waals surface area contributed by atoms with Crippen LogP contribution in [0.15, 0.2) is 0 Å². The lowest BCUT2D eigenvalue weighted by Crippen LogP contribution is -2.35. The van der Waals surface area contributed by atoms with Gasteiger partial charge in [-0.1, -0.05) is 27.7 Å². The Kier molecular flexibility index (Phi) is 7.98. The maximum absolute atomic E-state index is 5.99. The molecule has 0 spiro atoms. The van der Waals surface area contributed by atoms with Crippen LogP contribution in [0.2, 0.25) is 0 Å². The molecular weight excluding hydrogens is 200 g/mol. The molecule has 0 saturated heterocycles. The predicted molar refractivity (Wildman–Crippen MR) is 70.6 cm³/mol. The van der Waals surface area contributed by atoms with E-state index in [2.05, 4.69) is 33.0 Å². The molecule has 0 aromatic carbocycles. The van der Waals surface area contributed by atoms with Crippen molar-refractivity contribution in [2.45, 2.75) is 46.6 Å². The zero-order valence-corrected chi connectivity index (χ0v) is 11.7. The molecule has 3 N–H and O–H groups in total. The number of rotatable bonds is 9. The summed E-state index contributed by atoms with van der Waals surface area (Å²) in [6.45, 7) is 11.8. The van der Waals surface area contributed by atoms with Gasteiger partial charge in [-0.05, 0) is 30.7 Å². The van der Waals surface area contributed by atoms with E-state index in [-0.39, 0.29) is 0 Å². The van der Waals surface area contributed by atoms with Crippen LogP contribution in [0.25, 0.3) is 0 Å². The molecule has 0 fully saturated rings. The van der Waals surface area contributed by atoms with Crippen LogP contribution in [0.1, 0.15) is 40.5 Å². The van der Waals surface area contributed by atoms with Crippen molar-refractivity contribution in [2.24, 2.45) is 17.1 Å². The van der Waals surface area contributed by atoms with Gasteiger partial charge in [-0.15, -0.1) is 0 Å². The summed E-state index contributed by atoms with van der Waals surface area (Å²) in [5.74, 6) is 0.573. The van der Waals surface area contributed by atoms with Crippen molar-refractivity contribution in [2.75, 3.05) is 26.8 Å². The highest BCUT2D eigenvalue weighted by atomic mass is 16.5. The Balaban J connectivity index is 3.57. The normalized spacial score (nSPS) is 14.4. The fraction of sp³-hybridized carbons (Fsp3) is 1.00. The molecule has 0 amide bonds. The summed E-state index contributed by atoms with van der Waals surface area (Å²) in [6.07, 6.45) is 2.14. The quantitative estimate of drug-likeness (QED) is 0.596. The highest BCUT2D eigenvalue weighted by Gasteiger charge is 2.17. The molecule has 0 aliphatic rings. The van der Waals surface area contributed by atoms with Crippen LogP contribution in [-0.2, 0) is 4.74 Å². The molecule has 0 radical (unpaired) electrons. The molecule has 1 unspecified atom stereocenters. The minimum absolute atomic E-state index is 0.304. The Morgan fingerprint density at radius 1 is 1.31 bits per heavy atom. The average Bonchev–Trinajstić information content (AvgIpc) is 2.21. The molecule has 1 atom stereocenters. The van der Waals surface area contributed by atoms with Gasteiger partial charge in [-0.3, -0.25) is 0 Å². The molecule has 0 rings (SSSR count). The summed E-state index contributed by atoms with van der Waals surface area (Å²) >= 11 is 0. The van der Waals surface area contributed by atoms with Crippen molar-refractivity contribution in [3.63, 3.8) is 0 Å². The van der Waals surface area contributed by atoms with Crippen LogP contribution in [0, 0.1) is 11.3 Å². The van der Waals surface area contributed by atoms with Gasteiger partial charge in [-0.2, -0.15) is 0 Å².